The summed E-state index contributed by atoms with van der Waals surface area (Å²) in [6, 6.07) is 4.76. The summed E-state index contributed by atoms with van der Waals surface area (Å²) < 4.78 is 10.5. The lowest BCUT2D eigenvalue weighted by Crippen LogP contribution is -2.37. The van der Waals surface area contributed by atoms with Crippen LogP contribution in [0, 0.1) is 0 Å². The van der Waals surface area contributed by atoms with Gasteiger partial charge >= 0.3 is 5.97 Å². The molecule has 0 spiro atoms. The molecule has 0 aliphatic carbocycles. The van der Waals surface area contributed by atoms with Crippen molar-refractivity contribution in [1.29, 1.82) is 0 Å². The van der Waals surface area contributed by atoms with Crippen LogP contribution in [0.3, 0.4) is 0 Å². The third-order valence-corrected chi connectivity index (χ3v) is 2.47. The van der Waals surface area contributed by atoms with Gasteiger partial charge in [-0.25, -0.2) is 4.79 Å². The van der Waals surface area contributed by atoms with E-state index in [0.717, 1.165) is 0 Å². The number of ether oxygens (including phenoxy) is 2. The standard InChI is InChI=1S/C12H13NO5/c1-12(2,11(15)16)18-7-3-4-9-8(5-7)13-10(14)6-17-9/h3-5H,6H2,1-2H3,(H,13,14)(H,15,16). The minimum Gasteiger partial charge on any atom is -0.482 e. The van der Waals surface area contributed by atoms with Crippen LogP contribution in [-0.2, 0) is 9.59 Å². The minimum atomic E-state index is -1.34. The summed E-state index contributed by atoms with van der Waals surface area (Å²) in [4.78, 5) is 22.1. The van der Waals surface area contributed by atoms with Crippen molar-refractivity contribution >= 4 is 17.6 Å². The predicted octanol–water partition coefficient (Wildman–Crippen LogP) is 1.26. The largest absolute Gasteiger partial charge is 0.482 e. The second-order valence-electron chi connectivity index (χ2n) is 4.41. The van der Waals surface area contributed by atoms with E-state index in [-0.39, 0.29) is 12.5 Å². The number of rotatable bonds is 3. The Labute approximate surface area is 104 Å². The lowest BCUT2D eigenvalue weighted by atomic mass is 10.1. The molecule has 1 heterocycles. The van der Waals surface area contributed by atoms with Gasteiger partial charge in [-0.05, 0) is 26.0 Å². The van der Waals surface area contributed by atoms with Crippen molar-refractivity contribution in [1.82, 2.24) is 0 Å². The highest BCUT2D eigenvalue weighted by Crippen LogP contribution is 2.32. The Bertz CT molecular complexity index is 509. The van der Waals surface area contributed by atoms with E-state index in [1.165, 1.54) is 19.9 Å². The zero-order chi connectivity index (χ0) is 13.3. The van der Waals surface area contributed by atoms with E-state index in [4.69, 9.17) is 14.6 Å². The number of carboxylic acid groups (broad SMARTS) is 1. The maximum atomic E-state index is 11.2. The number of fused-ring (bicyclic) bond motifs is 1. The van der Waals surface area contributed by atoms with Crippen molar-refractivity contribution in [2.24, 2.45) is 0 Å². The molecule has 1 aromatic rings. The number of nitrogens with one attached hydrogen (secondary N) is 1. The highest BCUT2D eigenvalue weighted by atomic mass is 16.5. The van der Waals surface area contributed by atoms with Gasteiger partial charge in [-0.3, -0.25) is 4.79 Å². The van der Waals surface area contributed by atoms with Crippen LogP contribution in [0.1, 0.15) is 13.8 Å². The molecule has 2 rings (SSSR count). The molecule has 0 saturated carbocycles. The average molecular weight is 251 g/mol. The quantitative estimate of drug-likeness (QED) is 0.844. The molecule has 0 fully saturated rings. The molecule has 0 saturated heterocycles. The summed E-state index contributed by atoms with van der Waals surface area (Å²) in [5.74, 6) is -0.431. The molecule has 0 atom stereocenters. The van der Waals surface area contributed by atoms with Crippen molar-refractivity contribution < 1.29 is 24.2 Å². The zero-order valence-electron chi connectivity index (χ0n) is 10.0. The number of amides is 1. The number of aliphatic carboxylic acids is 1. The monoisotopic (exact) mass is 251 g/mol. The third kappa shape index (κ3) is 2.37. The molecule has 1 aliphatic rings. The molecule has 0 aromatic heterocycles. The topological polar surface area (TPSA) is 84.9 Å². The van der Waals surface area contributed by atoms with Gasteiger partial charge in [0.1, 0.15) is 11.5 Å². The summed E-state index contributed by atoms with van der Waals surface area (Å²) in [5, 5.41) is 11.6. The van der Waals surface area contributed by atoms with E-state index in [2.05, 4.69) is 5.32 Å². The highest BCUT2D eigenvalue weighted by molar-refractivity contribution is 5.95. The Morgan fingerprint density at radius 2 is 2.22 bits per heavy atom. The Morgan fingerprint density at radius 1 is 1.50 bits per heavy atom. The van der Waals surface area contributed by atoms with Crippen molar-refractivity contribution in [3.63, 3.8) is 0 Å². The Balaban J connectivity index is 2.24. The van der Waals surface area contributed by atoms with Crippen molar-refractivity contribution in [2.75, 3.05) is 11.9 Å². The van der Waals surface area contributed by atoms with Crippen LogP contribution in [-0.4, -0.2) is 29.2 Å². The van der Waals surface area contributed by atoms with Gasteiger partial charge in [-0.15, -0.1) is 0 Å². The first-order valence-corrected chi connectivity index (χ1v) is 5.37. The number of hydrogen-bond donors (Lipinski definition) is 2. The zero-order valence-corrected chi connectivity index (χ0v) is 10.0. The SMILES string of the molecule is CC(C)(Oc1ccc2c(c1)NC(=O)CO2)C(=O)O. The van der Waals surface area contributed by atoms with E-state index in [1.807, 2.05) is 0 Å². The van der Waals surface area contributed by atoms with Gasteiger partial charge < -0.3 is 19.9 Å². The van der Waals surface area contributed by atoms with Crippen molar-refractivity contribution in [2.45, 2.75) is 19.4 Å². The summed E-state index contributed by atoms with van der Waals surface area (Å²) in [5.41, 5.74) is -0.863. The molecule has 18 heavy (non-hydrogen) atoms. The smallest absolute Gasteiger partial charge is 0.347 e. The first kappa shape index (κ1) is 12.2. The molecule has 1 aliphatic heterocycles. The summed E-state index contributed by atoms with van der Waals surface area (Å²) in [7, 11) is 0. The lowest BCUT2D eigenvalue weighted by Gasteiger charge is -2.23. The first-order chi connectivity index (χ1) is 8.38. The van der Waals surface area contributed by atoms with Crippen molar-refractivity contribution in [3.8, 4) is 11.5 Å². The molecule has 96 valence electrons. The van der Waals surface area contributed by atoms with Crippen LogP contribution < -0.4 is 14.8 Å². The molecule has 0 bridgehead atoms. The molecule has 1 amide bonds. The molecule has 6 heteroatoms. The molecular formula is C12H13NO5. The van der Waals surface area contributed by atoms with E-state index >= 15 is 0 Å². The third-order valence-electron chi connectivity index (χ3n) is 2.47. The molecular weight excluding hydrogens is 238 g/mol. The van der Waals surface area contributed by atoms with Gasteiger partial charge in [-0.2, -0.15) is 0 Å². The number of carbonyl (C=O) groups is 2. The summed E-state index contributed by atoms with van der Waals surface area (Å²) in [6.07, 6.45) is 0. The number of hydrogen-bond acceptors (Lipinski definition) is 4. The van der Waals surface area contributed by atoms with Gasteiger partial charge in [0.15, 0.2) is 12.2 Å². The lowest BCUT2D eigenvalue weighted by molar-refractivity contribution is -0.152. The van der Waals surface area contributed by atoms with E-state index in [1.54, 1.807) is 12.1 Å². The number of benzene rings is 1. The predicted molar refractivity (Wildman–Crippen MR) is 62.9 cm³/mol. The molecule has 0 radical (unpaired) electrons. The average Bonchev–Trinajstić information content (AvgIpc) is 2.27. The molecule has 2 N–H and O–H groups in total. The van der Waals surface area contributed by atoms with Gasteiger partial charge in [0.05, 0.1) is 5.69 Å². The van der Waals surface area contributed by atoms with E-state index in [9.17, 15) is 9.59 Å². The fraction of sp³-hybridized carbons (Fsp3) is 0.333. The van der Waals surface area contributed by atoms with Crippen LogP contribution in [0.5, 0.6) is 11.5 Å². The summed E-state index contributed by atoms with van der Waals surface area (Å²) in [6.45, 7) is 2.88. The fourth-order valence-electron chi connectivity index (χ4n) is 1.46. The second-order valence-corrected chi connectivity index (χ2v) is 4.41. The number of anilines is 1. The van der Waals surface area contributed by atoms with Gasteiger partial charge in [-0.1, -0.05) is 0 Å². The van der Waals surface area contributed by atoms with Crippen LogP contribution in [0.25, 0.3) is 0 Å². The maximum Gasteiger partial charge on any atom is 0.347 e. The van der Waals surface area contributed by atoms with Crippen LogP contribution in [0.15, 0.2) is 18.2 Å². The Morgan fingerprint density at radius 3 is 2.89 bits per heavy atom. The molecule has 6 nitrogen and oxygen atoms in total. The van der Waals surface area contributed by atoms with Crippen LogP contribution in [0.4, 0.5) is 5.69 Å². The maximum absolute atomic E-state index is 11.2. The van der Waals surface area contributed by atoms with E-state index < -0.39 is 11.6 Å². The second kappa shape index (κ2) is 4.21. The van der Waals surface area contributed by atoms with Crippen LogP contribution in [0.2, 0.25) is 0 Å². The number of carbonyl (C=O) groups excluding carboxylic acids is 1. The molecule has 0 unspecified atom stereocenters. The Hall–Kier alpha value is -2.24. The normalized spacial score (nSPS) is 14.2. The number of carboxylic acids is 1. The van der Waals surface area contributed by atoms with Crippen molar-refractivity contribution in [3.05, 3.63) is 18.2 Å². The Kier molecular flexibility index (Phi) is 2.86. The van der Waals surface area contributed by atoms with Gasteiger partial charge in [0.25, 0.3) is 5.91 Å². The van der Waals surface area contributed by atoms with Gasteiger partial charge in [0.2, 0.25) is 0 Å². The fourth-order valence-corrected chi connectivity index (χ4v) is 1.46. The first-order valence-electron chi connectivity index (χ1n) is 5.37. The summed E-state index contributed by atoms with van der Waals surface area (Å²) >= 11 is 0. The van der Waals surface area contributed by atoms with E-state index in [0.29, 0.717) is 17.2 Å². The minimum absolute atomic E-state index is 0.0200. The highest BCUT2D eigenvalue weighted by Gasteiger charge is 2.30. The molecule has 1 aromatic carbocycles. The van der Waals surface area contributed by atoms with Crippen LogP contribution >= 0.6 is 0 Å². The van der Waals surface area contributed by atoms with Gasteiger partial charge in [0, 0.05) is 6.07 Å².